The molecule has 0 spiro atoms. The lowest BCUT2D eigenvalue weighted by Crippen LogP contribution is -2.13. The molecule has 0 aliphatic rings. The average Bonchev–Trinajstić information content (AvgIpc) is 2.51. The van der Waals surface area contributed by atoms with Crippen LogP contribution in [-0.2, 0) is 0 Å². The second-order valence-electron chi connectivity index (χ2n) is 2.75. The molecule has 1 heterocycles. The van der Waals surface area contributed by atoms with Crippen molar-refractivity contribution in [2.24, 2.45) is 0 Å². The van der Waals surface area contributed by atoms with E-state index in [4.69, 9.17) is 0 Å². The number of hydrogen-bond donors (Lipinski definition) is 1. The largest absolute Gasteiger partial charge is 0.313 e. The van der Waals surface area contributed by atoms with Gasteiger partial charge in [-0.05, 0) is 47.1 Å². The van der Waals surface area contributed by atoms with Gasteiger partial charge < -0.3 is 5.32 Å². The molecule has 0 amide bonds. The summed E-state index contributed by atoms with van der Waals surface area (Å²) in [6.07, 6.45) is 5.50. The minimum absolute atomic E-state index is 0.962. The molecule has 0 aliphatic carbocycles. The Hall–Kier alpha value is -0.120. The molecular weight excluding hydrogens is 246 g/mol. The smallest absolute Gasteiger partial charge is 0.0704 e. The van der Waals surface area contributed by atoms with Gasteiger partial charge in [-0.25, -0.2) is 0 Å². The van der Waals surface area contributed by atoms with E-state index in [2.05, 4.69) is 52.5 Å². The van der Waals surface area contributed by atoms with Crippen LogP contribution in [0.2, 0.25) is 0 Å². The molecule has 0 atom stereocenters. The van der Waals surface area contributed by atoms with Crippen LogP contribution >= 0.6 is 27.3 Å². The lowest BCUT2D eigenvalue weighted by atomic mass is 10.4. The predicted molar refractivity (Wildman–Crippen MR) is 64.2 cm³/mol. The summed E-state index contributed by atoms with van der Waals surface area (Å²) in [7, 11) is 0. The lowest BCUT2D eigenvalue weighted by Gasteiger charge is -1.95. The molecule has 1 rings (SSSR count). The first-order valence-corrected chi connectivity index (χ1v) is 6.06. The van der Waals surface area contributed by atoms with Gasteiger partial charge >= 0.3 is 0 Å². The highest BCUT2D eigenvalue weighted by molar-refractivity contribution is 9.11. The van der Waals surface area contributed by atoms with Gasteiger partial charge in [0.2, 0.25) is 0 Å². The van der Waals surface area contributed by atoms with Crippen molar-refractivity contribution in [1.82, 2.24) is 5.32 Å². The zero-order valence-corrected chi connectivity index (χ0v) is 10.1. The van der Waals surface area contributed by atoms with Crippen LogP contribution in [0.5, 0.6) is 0 Å². The van der Waals surface area contributed by atoms with E-state index in [9.17, 15) is 0 Å². The third-order valence-electron chi connectivity index (χ3n) is 1.57. The van der Waals surface area contributed by atoms with Crippen molar-refractivity contribution < 1.29 is 0 Å². The number of thiophene rings is 1. The minimum atomic E-state index is 0.962. The Bertz CT molecular complexity index is 268. The van der Waals surface area contributed by atoms with Crippen molar-refractivity contribution in [3.05, 3.63) is 26.9 Å². The third kappa shape index (κ3) is 4.60. The van der Waals surface area contributed by atoms with Gasteiger partial charge in [0, 0.05) is 11.4 Å². The van der Waals surface area contributed by atoms with E-state index in [1.807, 2.05) is 0 Å². The predicted octanol–water partition coefficient (Wildman–Crippen LogP) is 3.52. The van der Waals surface area contributed by atoms with E-state index in [-0.39, 0.29) is 0 Å². The van der Waals surface area contributed by atoms with Gasteiger partial charge in [-0.1, -0.05) is 13.0 Å². The summed E-state index contributed by atoms with van der Waals surface area (Å²) < 4.78 is 1.19. The maximum absolute atomic E-state index is 3.43. The molecule has 1 N–H and O–H groups in total. The van der Waals surface area contributed by atoms with Gasteiger partial charge in [-0.2, -0.15) is 0 Å². The Balaban J connectivity index is 2.24. The van der Waals surface area contributed by atoms with E-state index < -0.39 is 0 Å². The molecule has 0 fully saturated rings. The number of hydrogen-bond acceptors (Lipinski definition) is 2. The zero-order valence-electron chi connectivity index (χ0n) is 7.72. The van der Waals surface area contributed by atoms with Crippen molar-refractivity contribution in [2.75, 3.05) is 13.1 Å². The first-order valence-electron chi connectivity index (χ1n) is 4.45. The highest BCUT2D eigenvalue weighted by Gasteiger charge is 1.90. The number of nitrogens with one attached hydrogen (secondary N) is 1. The van der Waals surface area contributed by atoms with Crippen LogP contribution in [0.15, 0.2) is 22.0 Å². The summed E-state index contributed by atoms with van der Waals surface area (Å²) in [5.41, 5.74) is 0. The normalized spacial score (nSPS) is 11.2. The lowest BCUT2D eigenvalue weighted by molar-refractivity contribution is 0.730. The van der Waals surface area contributed by atoms with Crippen molar-refractivity contribution in [3.8, 4) is 0 Å². The van der Waals surface area contributed by atoms with E-state index in [1.165, 1.54) is 15.1 Å². The first-order chi connectivity index (χ1) is 6.33. The minimum Gasteiger partial charge on any atom is -0.313 e. The van der Waals surface area contributed by atoms with Crippen LogP contribution < -0.4 is 5.32 Å². The highest BCUT2D eigenvalue weighted by atomic mass is 79.9. The van der Waals surface area contributed by atoms with Crippen molar-refractivity contribution in [3.63, 3.8) is 0 Å². The molecule has 1 aromatic rings. The van der Waals surface area contributed by atoms with Crippen LogP contribution in [-0.4, -0.2) is 13.1 Å². The number of rotatable bonds is 5. The molecule has 1 aromatic heterocycles. The Morgan fingerprint density at radius 1 is 1.54 bits per heavy atom. The summed E-state index contributed by atoms with van der Waals surface area (Å²) in [6.45, 7) is 4.23. The average molecular weight is 260 g/mol. The molecular formula is C10H14BrNS. The summed E-state index contributed by atoms with van der Waals surface area (Å²) in [5, 5.41) is 3.32. The van der Waals surface area contributed by atoms with Gasteiger partial charge in [0.1, 0.15) is 0 Å². The molecule has 0 aromatic carbocycles. The second kappa shape index (κ2) is 6.35. The molecule has 13 heavy (non-hydrogen) atoms. The second-order valence-corrected chi connectivity index (χ2v) is 5.24. The van der Waals surface area contributed by atoms with E-state index in [1.54, 1.807) is 11.3 Å². The third-order valence-corrected chi connectivity index (χ3v) is 3.15. The van der Waals surface area contributed by atoms with Gasteiger partial charge in [0.25, 0.3) is 0 Å². The Morgan fingerprint density at radius 3 is 3.00 bits per heavy atom. The topological polar surface area (TPSA) is 12.0 Å². The van der Waals surface area contributed by atoms with E-state index >= 15 is 0 Å². The SMILES string of the molecule is CCCNCC=Cc1ccc(Br)s1. The highest BCUT2D eigenvalue weighted by Crippen LogP contribution is 2.22. The summed E-state index contributed by atoms with van der Waals surface area (Å²) in [4.78, 5) is 1.30. The number of halogens is 1. The maximum atomic E-state index is 3.43. The van der Waals surface area contributed by atoms with Gasteiger partial charge in [-0.15, -0.1) is 11.3 Å². The van der Waals surface area contributed by atoms with Crippen LogP contribution in [0.3, 0.4) is 0 Å². The van der Waals surface area contributed by atoms with Gasteiger partial charge in [-0.3, -0.25) is 0 Å². The van der Waals surface area contributed by atoms with Crippen LogP contribution in [0, 0.1) is 0 Å². The Kier molecular flexibility index (Phi) is 5.35. The van der Waals surface area contributed by atoms with Gasteiger partial charge in [0.15, 0.2) is 0 Å². The molecule has 0 saturated carbocycles. The molecule has 0 saturated heterocycles. The molecule has 1 nitrogen and oxygen atoms in total. The molecule has 0 radical (unpaired) electrons. The Morgan fingerprint density at radius 2 is 2.38 bits per heavy atom. The molecule has 0 aliphatic heterocycles. The summed E-state index contributed by atoms with van der Waals surface area (Å²) >= 11 is 5.19. The first kappa shape index (κ1) is 11.0. The van der Waals surface area contributed by atoms with E-state index in [0.29, 0.717) is 0 Å². The maximum Gasteiger partial charge on any atom is 0.0704 e. The van der Waals surface area contributed by atoms with Crippen LogP contribution in [0.25, 0.3) is 6.08 Å². The fraction of sp³-hybridized carbons (Fsp3) is 0.400. The fourth-order valence-corrected chi connectivity index (χ4v) is 2.31. The quantitative estimate of drug-likeness (QED) is 0.799. The van der Waals surface area contributed by atoms with Crippen molar-refractivity contribution in [1.29, 1.82) is 0 Å². The standard InChI is InChI=1S/C10H14BrNS/c1-2-7-12-8-3-4-9-5-6-10(11)13-9/h3-6,12H,2,7-8H2,1H3. The van der Waals surface area contributed by atoms with Crippen LogP contribution in [0.1, 0.15) is 18.2 Å². The van der Waals surface area contributed by atoms with Crippen LogP contribution in [0.4, 0.5) is 0 Å². The zero-order chi connectivity index (χ0) is 9.52. The van der Waals surface area contributed by atoms with Gasteiger partial charge in [0.05, 0.1) is 3.79 Å². The van der Waals surface area contributed by atoms with Crippen molar-refractivity contribution >= 4 is 33.3 Å². The summed E-state index contributed by atoms with van der Waals surface area (Å²) in [5.74, 6) is 0. The van der Waals surface area contributed by atoms with E-state index in [0.717, 1.165) is 13.1 Å². The Labute approximate surface area is 92.0 Å². The molecule has 0 unspecified atom stereocenters. The molecule has 72 valence electrons. The van der Waals surface area contributed by atoms with Crippen molar-refractivity contribution in [2.45, 2.75) is 13.3 Å². The summed E-state index contributed by atoms with van der Waals surface area (Å²) in [6, 6.07) is 4.19. The molecule has 3 heteroatoms. The fourth-order valence-electron chi connectivity index (χ4n) is 0.955. The monoisotopic (exact) mass is 259 g/mol. The molecule has 0 bridgehead atoms.